The highest BCUT2D eigenvalue weighted by atomic mass is 32.1. The van der Waals surface area contributed by atoms with E-state index < -0.39 is 0 Å². The van der Waals surface area contributed by atoms with E-state index in [1.807, 2.05) is 14.1 Å². The molecule has 132 valence electrons. The van der Waals surface area contributed by atoms with Crippen LogP contribution in [0.1, 0.15) is 36.6 Å². The summed E-state index contributed by atoms with van der Waals surface area (Å²) in [6.45, 7) is 3.04. The van der Waals surface area contributed by atoms with E-state index in [-0.39, 0.29) is 23.8 Å². The van der Waals surface area contributed by atoms with E-state index in [4.69, 9.17) is 0 Å². The van der Waals surface area contributed by atoms with Crippen LogP contribution in [-0.2, 0) is 9.59 Å². The van der Waals surface area contributed by atoms with Crippen LogP contribution in [0.2, 0.25) is 0 Å². The normalized spacial score (nSPS) is 22.8. The summed E-state index contributed by atoms with van der Waals surface area (Å²) in [5.74, 6) is 0.582. The van der Waals surface area contributed by atoms with E-state index in [1.165, 1.54) is 4.88 Å². The number of nitrogens with zero attached hydrogens (tertiary/aromatic N) is 3. The van der Waals surface area contributed by atoms with Crippen LogP contribution >= 0.6 is 11.3 Å². The zero-order chi connectivity index (χ0) is 17.1. The summed E-state index contributed by atoms with van der Waals surface area (Å²) < 4.78 is 0. The van der Waals surface area contributed by atoms with Crippen LogP contribution < -0.4 is 0 Å². The molecule has 0 spiro atoms. The van der Waals surface area contributed by atoms with Gasteiger partial charge in [-0.1, -0.05) is 6.07 Å². The van der Waals surface area contributed by atoms with Crippen molar-refractivity contribution in [3.05, 3.63) is 22.4 Å². The van der Waals surface area contributed by atoms with E-state index in [9.17, 15) is 9.59 Å². The van der Waals surface area contributed by atoms with Gasteiger partial charge in [-0.2, -0.15) is 0 Å². The predicted octanol–water partition coefficient (Wildman–Crippen LogP) is 2.21. The molecule has 2 fully saturated rings. The SMILES string of the molecule is CN(C)C(=O)C1CCN(CC(=O)N2CCCC2c2cccs2)CC1. The zero-order valence-electron chi connectivity index (χ0n) is 14.6. The van der Waals surface area contributed by atoms with Crippen molar-refractivity contribution >= 4 is 23.2 Å². The first kappa shape index (κ1) is 17.4. The van der Waals surface area contributed by atoms with Gasteiger partial charge in [-0.15, -0.1) is 11.3 Å². The van der Waals surface area contributed by atoms with Gasteiger partial charge >= 0.3 is 0 Å². The summed E-state index contributed by atoms with van der Waals surface area (Å²) in [5.41, 5.74) is 0. The number of likely N-dealkylation sites (tertiary alicyclic amines) is 2. The molecule has 2 amide bonds. The van der Waals surface area contributed by atoms with Gasteiger partial charge < -0.3 is 9.80 Å². The van der Waals surface area contributed by atoms with E-state index in [2.05, 4.69) is 27.3 Å². The lowest BCUT2D eigenvalue weighted by molar-refractivity contribution is -0.135. The number of piperidine rings is 1. The van der Waals surface area contributed by atoms with Crippen molar-refractivity contribution < 1.29 is 9.59 Å². The largest absolute Gasteiger partial charge is 0.349 e. The number of rotatable bonds is 4. The summed E-state index contributed by atoms with van der Waals surface area (Å²) in [4.78, 5) is 32.1. The Balaban J connectivity index is 1.52. The Kier molecular flexibility index (Phi) is 5.56. The maximum Gasteiger partial charge on any atom is 0.237 e. The fraction of sp³-hybridized carbons (Fsp3) is 0.667. The first-order chi connectivity index (χ1) is 11.6. The minimum absolute atomic E-state index is 0.122. The summed E-state index contributed by atoms with van der Waals surface area (Å²) in [6, 6.07) is 4.47. The second-order valence-electron chi connectivity index (χ2n) is 7.04. The fourth-order valence-electron chi connectivity index (χ4n) is 3.83. The molecule has 3 heterocycles. The number of hydrogen-bond acceptors (Lipinski definition) is 4. The fourth-order valence-corrected chi connectivity index (χ4v) is 4.70. The number of amides is 2. The molecule has 0 radical (unpaired) electrons. The monoisotopic (exact) mass is 349 g/mol. The van der Waals surface area contributed by atoms with E-state index >= 15 is 0 Å². The Hall–Kier alpha value is -1.40. The van der Waals surface area contributed by atoms with Crippen molar-refractivity contribution in [1.29, 1.82) is 0 Å². The first-order valence-corrected chi connectivity index (χ1v) is 9.70. The topological polar surface area (TPSA) is 43.9 Å². The highest BCUT2D eigenvalue weighted by molar-refractivity contribution is 7.10. The Morgan fingerprint density at radius 3 is 2.58 bits per heavy atom. The molecule has 6 heteroatoms. The van der Waals surface area contributed by atoms with Crippen molar-refractivity contribution in [3.8, 4) is 0 Å². The van der Waals surface area contributed by atoms with Crippen molar-refractivity contribution in [1.82, 2.24) is 14.7 Å². The lowest BCUT2D eigenvalue weighted by Gasteiger charge is -2.33. The molecular formula is C18H27N3O2S. The molecule has 0 aliphatic carbocycles. The van der Waals surface area contributed by atoms with Crippen molar-refractivity contribution in [2.45, 2.75) is 31.7 Å². The Bertz CT molecular complexity index is 565. The molecule has 5 nitrogen and oxygen atoms in total. The van der Waals surface area contributed by atoms with Gasteiger partial charge in [0, 0.05) is 31.4 Å². The molecule has 0 bridgehead atoms. The third-order valence-corrected chi connectivity index (χ3v) is 6.15. The Labute approximate surface area is 148 Å². The second-order valence-corrected chi connectivity index (χ2v) is 8.02. The zero-order valence-corrected chi connectivity index (χ0v) is 15.4. The van der Waals surface area contributed by atoms with Gasteiger partial charge in [0.05, 0.1) is 12.6 Å². The average Bonchev–Trinajstić information content (AvgIpc) is 3.25. The Morgan fingerprint density at radius 2 is 1.96 bits per heavy atom. The van der Waals surface area contributed by atoms with E-state index in [1.54, 1.807) is 16.2 Å². The van der Waals surface area contributed by atoms with Crippen LogP contribution in [0.25, 0.3) is 0 Å². The molecule has 0 aromatic carbocycles. The molecule has 24 heavy (non-hydrogen) atoms. The van der Waals surface area contributed by atoms with Gasteiger partial charge in [0.2, 0.25) is 11.8 Å². The van der Waals surface area contributed by atoms with Crippen LogP contribution in [0.4, 0.5) is 0 Å². The Morgan fingerprint density at radius 1 is 1.21 bits per heavy atom. The maximum atomic E-state index is 12.8. The number of carbonyl (C=O) groups is 2. The van der Waals surface area contributed by atoms with Gasteiger partial charge in [-0.05, 0) is 50.2 Å². The minimum Gasteiger partial charge on any atom is -0.349 e. The molecular weight excluding hydrogens is 322 g/mol. The molecule has 3 rings (SSSR count). The van der Waals surface area contributed by atoms with Crippen LogP contribution in [0.5, 0.6) is 0 Å². The molecule has 2 aliphatic rings. The number of thiophene rings is 1. The number of hydrogen-bond donors (Lipinski definition) is 0. The molecule has 1 atom stereocenters. The van der Waals surface area contributed by atoms with Gasteiger partial charge in [-0.25, -0.2) is 0 Å². The van der Waals surface area contributed by atoms with Crippen LogP contribution in [0.15, 0.2) is 17.5 Å². The quantitative estimate of drug-likeness (QED) is 0.837. The predicted molar refractivity (Wildman–Crippen MR) is 95.9 cm³/mol. The molecule has 0 saturated carbocycles. The highest BCUT2D eigenvalue weighted by Crippen LogP contribution is 2.34. The standard InChI is InChI=1S/C18H27N3O2S/c1-19(2)18(23)14-7-10-20(11-8-14)13-17(22)21-9-3-5-15(21)16-6-4-12-24-16/h4,6,12,14-15H,3,5,7-11,13H2,1-2H3. The van der Waals surface area contributed by atoms with Gasteiger partial charge in [0.15, 0.2) is 0 Å². The number of carbonyl (C=O) groups excluding carboxylic acids is 2. The van der Waals surface area contributed by atoms with Crippen molar-refractivity contribution in [2.75, 3.05) is 40.3 Å². The third-order valence-electron chi connectivity index (χ3n) is 5.18. The van der Waals surface area contributed by atoms with Gasteiger partial charge in [0.25, 0.3) is 0 Å². The molecule has 2 aliphatic heterocycles. The van der Waals surface area contributed by atoms with E-state index in [0.717, 1.165) is 45.3 Å². The lowest BCUT2D eigenvalue weighted by atomic mass is 9.95. The summed E-state index contributed by atoms with van der Waals surface area (Å²) in [6.07, 6.45) is 3.89. The van der Waals surface area contributed by atoms with Crippen LogP contribution in [0.3, 0.4) is 0 Å². The second kappa shape index (κ2) is 7.66. The van der Waals surface area contributed by atoms with Gasteiger partial charge in [-0.3, -0.25) is 14.5 Å². The first-order valence-electron chi connectivity index (χ1n) is 8.82. The molecule has 1 aromatic rings. The highest BCUT2D eigenvalue weighted by Gasteiger charge is 2.32. The lowest BCUT2D eigenvalue weighted by Crippen LogP contribution is -2.45. The van der Waals surface area contributed by atoms with Crippen LogP contribution in [0, 0.1) is 5.92 Å². The van der Waals surface area contributed by atoms with Crippen LogP contribution in [-0.4, -0.2) is 66.8 Å². The molecule has 1 aromatic heterocycles. The molecule has 2 saturated heterocycles. The molecule has 1 unspecified atom stereocenters. The van der Waals surface area contributed by atoms with Gasteiger partial charge in [0.1, 0.15) is 0 Å². The van der Waals surface area contributed by atoms with E-state index in [0.29, 0.717) is 6.54 Å². The third kappa shape index (κ3) is 3.81. The van der Waals surface area contributed by atoms with Crippen molar-refractivity contribution in [3.63, 3.8) is 0 Å². The average molecular weight is 350 g/mol. The molecule has 0 N–H and O–H groups in total. The summed E-state index contributed by atoms with van der Waals surface area (Å²) in [7, 11) is 3.63. The maximum absolute atomic E-state index is 12.8. The summed E-state index contributed by atoms with van der Waals surface area (Å²) in [5, 5.41) is 2.09. The van der Waals surface area contributed by atoms with Crippen molar-refractivity contribution in [2.24, 2.45) is 5.92 Å². The summed E-state index contributed by atoms with van der Waals surface area (Å²) >= 11 is 1.74. The smallest absolute Gasteiger partial charge is 0.237 e. The minimum atomic E-state index is 0.122.